The zero-order valence-electron chi connectivity index (χ0n) is 21.1. The van der Waals surface area contributed by atoms with Crippen molar-refractivity contribution in [2.75, 3.05) is 57.4 Å². The molecule has 6 rings (SSSR count). The van der Waals surface area contributed by atoms with Crippen LogP contribution in [0.25, 0.3) is 20.8 Å². The third-order valence-electron chi connectivity index (χ3n) is 7.91. The second-order valence-corrected chi connectivity index (χ2v) is 13.6. The van der Waals surface area contributed by atoms with Crippen molar-refractivity contribution in [2.45, 2.75) is 44.3 Å². The highest BCUT2D eigenvalue weighted by Gasteiger charge is 2.41. The van der Waals surface area contributed by atoms with E-state index in [1.807, 2.05) is 11.3 Å². The van der Waals surface area contributed by atoms with Crippen LogP contribution in [0.2, 0.25) is 0 Å². The number of rotatable bonds is 5. The first-order valence-corrected chi connectivity index (χ1v) is 15.5. The van der Waals surface area contributed by atoms with Crippen molar-refractivity contribution >= 4 is 37.3 Å². The molecular weight excluding hydrogens is 492 g/mol. The largest absolute Gasteiger partial charge is 0.369 e. The number of hydrogen-bond acceptors (Lipinski definition) is 6. The smallest absolute Gasteiger partial charge is 0.217 e. The van der Waals surface area contributed by atoms with Gasteiger partial charge in [0.15, 0.2) is 13.1 Å². The summed E-state index contributed by atoms with van der Waals surface area (Å²) in [6, 6.07) is 11.2. The maximum absolute atomic E-state index is 12.7. The van der Waals surface area contributed by atoms with Gasteiger partial charge in [-0.15, -0.1) is 11.3 Å². The molecular formula is C27H35N4O3S2+. The van der Waals surface area contributed by atoms with Gasteiger partial charge in [0, 0.05) is 44.0 Å². The standard InChI is InChI=1S/C27H35N4O3S2/c1-3-19(2)23-16-21(29-8-10-31(11-9-29)36(32,33)22-5-6-22)18-26-27(23)28-24-7-4-20(17-25(24)35-26)30-12-14-34-15-13-30/h4,7,16-19,22H,3,5-6,8-15H2,1-2H3/q+1. The summed E-state index contributed by atoms with van der Waals surface area (Å²) < 4.78 is 36.2. The zero-order chi connectivity index (χ0) is 24.9. The molecule has 1 atom stereocenters. The van der Waals surface area contributed by atoms with Crippen molar-refractivity contribution in [3.63, 3.8) is 0 Å². The fourth-order valence-electron chi connectivity index (χ4n) is 5.30. The van der Waals surface area contributed by atoms with Gasteiger partial charge in [-0.1, -0.05) is 13.8 Å². The van der Waals surface area contributed by atoms with Gasteiger partial charge in [0.1, 0.15) is 13.2 Å². The molecule has 5 aliphatic rings. The number of benzene rings is 2. The molecule has 0 radical (unpaired) electrons. The van der Waals surface area contributed by atoms with Crippen LogP contribution in [0, 0.1) is 0 Å². The van der Waals surface area contributed by atoms with Crippen LogP contribution in [0.4, 0.5) is 5.69 Å². The molecule has 1 unspecified atom stereocenters. The topological polar surface area (TPSA) is 65.8 Å². The van der Waals surface area contributed by atoms with Gasteiger partial charge in [0.2, 0.25) is 15.4 Å². The number of fused-ring (bicyclic) bond motifs is 2. The Morgan fingerprint density at radius 2 is 1.86 bits per heavy atom. The fraction of sp³-hybridized carbons (Fsp3) is 0.556. The molecule has 2 aliphatic carbocycles. The summed E-state index contributed by atoms with van der Waals surface area (Å²) in [6.07, 6.45) is 2.69. The number of nitrogens with zero attached hydrogens (tertiary/aromatic N) is 4. The number of anilines is 1. The number of hydrogen-bond donors (Lipinski definition) is 0. The van der Waals surface area contributed by atoms with E-state index >= 15 is 0 Å². The number of sulfonamides is 1. The summed E-state index contributed by atoms with van der Waals surface area (Å²) in [7, 11) is -3.11. The first-order chi connectivity index (χ1) is 17.4. The van der Waals surface area contributed by atoms with Gasteiger partial charge in [-0.25, -0.2) is 18.0 Å². The van der Waals surface area contributed by atoms with Crippen LogP contribution in [0.5, 0.6) is 0 Å². The second-order valence-electron chi connectivity index (χ2n) is 10.3. The van der Waals surface area contributed by atoms with E-state index < -0.39 is 10.0 Å². The molecule has 2 saturated heterocycles. The van der Waals surface area contributed by atoms with Crippen LogP contribution in [0.15, 0.2) is 30.3 Å². The molecule has 9 heteroatoms. The molecule has 0 bridgehead atoms. The summed E-state index contributed by atoms with van der Waals surface area (Å²) in [4.78, 5) is 8.70. The lowest BCUT2D eigenvalue weighted by Crippen LogP contribution is -2.49. The van der Waals surface area contributed by atoms with E-state index in [1.54, 1.807) is 4.31 Å². The molecule has 3 aliphatic heterocycles. The predicted octanol–water partition coefficient (Wildman–Crippen LogP) is 3.33. The van der Waals surface area contributed by atoms with E-state index in [-0.39, 0.29) is 5.25 Å². The quantitative estimate of drug-likeness (QED) is 0.376. The minimum Gasteiger partial charge on any atom is -0.369 e. The van der Waals surface area contributed by atoms with Crippen molar-refractivity contribution in [1.82, 2.24) is 13.9 Å². The minimum atomic E-state index is -3.11. The van der Waals surface area contributed by atoms with Gasteiger partial charge >= 0.3 is 0 Å². The van der Waals surface area contributed by atoms with Gasteiger partial charge in [0.05, 0.1) is 26.0 Å². The van der Waals surface area contributed by atoms with Crippen molar-refractivity contribution in [1.29, 1.82) is 0 Å². The molecule has 3 fully saturated rings. The molecule has 0 spiro atoms. The Hall–Kier alpha value is -2.07. The van der Waals surface area contributed by atoms with Crippen LogP contribution in [0.1, 0.15) is 44.6 Å². The Labute approximate surface area is 217 Å². The Morgan fingerprint density at radius 3 is 2.56 bits per heavy atom. The fourth-order valence-corrected chi connectivity index (χ4v) is 8.20. The van der Waals surface area contributed by atoms with Crippen molar-refractivity contribution < 1.29 is 13.2 Å². The second kappa shape index (κ2) is 9.67. The Bertz CT molecular complexity index is 1410. The van der Waals surface area contributed by atoms with Crippen molar-refractivity contribution in [3.8, 4) is 10.6 Å². The summed E-state index contributed by atoms with van der Waals surface area (Å²) >= 11 is 1.81. The Morgan fingerprint density at radius 1 is 1.11 bits per heavy atom. The van der Waals surface area contributed by atoms with E-state index in [0.717, 1.165) is 69.9 Å². The molecule has 1 saturated carbocycles. The van der Waals surface area contributed by atoms with Crippen LogP contribution >= 0.6 is 11.3 Å². The number of aromatic nitrogens is 1. The van der Waals surface area contributed by atoms with E-state index in [0.29, 0.717) is 19.0 Å². The Balaban J connectivity index is 1.38. The van der Waals surface area contributed by atoms with Gasteiger partial charge in [-0.3, -0.25) is 0 Å². The van der Waals surface area contributed by atoms with Gasteiger partial charge < -0.3 is 9.64 Å². The van der Waals surface area contributed by atoms with Gasteiger partial charge in [0.25, 0.3) is 0 Å². The molecule has 192 valence electrons. The minimum absolute atomic E-state index is 0.134. The molecule has 3 heterocycles. The molecule has 36 heavy (non-hydrogen) atoms. The first-order valence-electron chi connectivity index (χ1n) is 13.2. The number of ether oxygens (including phenoxy) is 1. The van der Waals surface area contributed by atoms with E-state index in [1.165, 1.54) is 26.2 Å². The molecule has 7 nitrogen and oxygen atoms in total. The highest BCUT2D eigenvalue weighted by Crippen LogP contribution is 2.38. The van der Waals surface area contributed by atoms with Crippen molar-refractivity contribution in [2.24, 2.45) is 0 Å². The molecule has 1 aromatic carbocycles. The molecule has 1 aromatic rings. The molecule has 0 N–H and O–H groups in total. The summed E-state index contributed by atoms with van der Waals surface area (Å²) in [5.74, 6) is 0.397. The lowest BCUT2D eigenvalue weighted by atomic mass is 9.96. The average molecular weight is 528 g/mol. The number of piperazine rings is 1. The van der Waals surface area contributed by atoms with Crippen LogP contribution in [0.3, 0.4) is 0 Å². The monoisotopic (exact) mass is 527 g/mol. The summed E-state index contributed by atoms with van der Waals surface area (Å²) in [5, 5.41) is 1.10. The zero-order valence-corrected chi connectivity index (χ0v) is 22.8. The SMILES string of the molecule is CCC(C)c1cc(N2CCN(S(=O)(=O)C3CC3)CC2)cc2sc3cc(=[N+]4CCOCC4)ccc-3nc12. The number of morpholine rings is 1. The van der Waals surface area contributed by atoms with Gasteiger partial charge in [-0.2, -0.15) is 4.31 Å². The van der Waals surface area contributed by atoms with Crippen LogP contribution in [-0.2, 0) is 14.8 Å². The highest BCUT2D eigenvalue weighted by atomic mass is 32.2. The third-order valence-corrected chi connectivity index (χ3v) is 11.4. The van der Waals surface area contributed by atoms with E-state index in [2.05, 4.69) is 53.7 Å². The third kappa shape index (κ3) is 4.55. The maximum Gasteiger partial charge on any atom is 0.217 e. The average Bonchev–Trinajstić information content (AvgIpc) is 3.78. The lowest BCUT2D eigenvalue weighted by molar-refractivity contribution is 0.0966. The Kier molecular flexibility index (Phi) is 6.52. The van der Waals surface area contributed by atoms with Crippen LogP contribution in [-0.4, -0.2) is 75.4 Å². The summed E-state index contributed by atoms with van der Waals surface area (Å²) in [5.41, 5.74) is 4.61. The van der Waals surface area contributed by atoms with E-state index in [9.17, 15) is 8.42 Å². The van der Waals surface area contributed by atoms with Crippen LogP contribution < -0.4 is 14.8 Å². The molecule has 0 amide bonds. The maximum atomic E-state index is 12.7. The lowest BCUT2D eigenvalue weighted by Gasteiger charge is -2.36. The predicted molar refractivity (Wildman–Crippen MR) is 146 cm³/mol. The molecule has 0 aromatic heterocycles. The summed E-state index contributed by atoms with van der Waals surface area (Å²) in [6.45, 7) is 10.5. The van der Waals surface area contributed by atoms with Crippen molar-refractivity contribution in [3.05, 3.63) is 41.3 Å². The van der Waals surface area contributed by atoms with Gasteiger partial charge in [-0.05, 0) is 48.9 Å². The normalized spacial score (nSPS) is 20.8. The van der Waals surface area contributed by atoms with E-state index in [4.69, 9.17) is 9.72 Å². The highest BCUT2D eigenvalue weighted by molar-refractivity contribution is 7.90. The first kappa shape index (κ1) is 24.3.